The van der Waals surface area contributed by atoms with Crippen LogP contribution in [0.1, 0.15) is 235 Å². The third-order valence-electron chi connectivity index (χ3n) is 26.7. The number of aliphatic hydroxyl groups excluding tert-OH is 1. The molecular weight excluding hydrogens is 1890 g/mol. The number of anilines is 6. The minimum atomic E-state index is -0.559. The van der Waals surface area contributed by atoms with Crippen LogP contribution in [-0.4, -0.2) is 90.9 Å². The van der Waals surface area contributed by atoms with E-state index in [1.807, 2.05) is 113 Å². The van der Waals surface area contributed by atoms with E-state index in [9.17, 15) is 33.9 Å². The summed E-state index contributed by atoms with van der Waals surface area (Å²) in [5.41, 5.74) is 36.6. The molecule has 12 aromatic rings. The molecule has 0 spiro atoms. The zero-order valence-electron chi connectivity index (χ0n) is 93.1. The highest BCUT2D eigenvalue weighted by Crippen LogP contribution is 2.45. The predicted octanol–water partition coefficient (Wildman–Crippen LogP) is 29.7. The highest BCUT2D eigenvalue weighted by Gasteiger charge is 2.29. The normalized spacial score (nSPS) is 10.9. The molecule has 26 nitrogen and oxygen atoms in total. The van der Waals surface area contributed by atoms with Crippen molar-refractivity contribution >= 4 is 70.7 Å². The van der Waals surface area contributed by atoms with Crippen molar-refractivity contribution in [1.82, 2.24) is 0 Å². The highest BCUT2D eigenvalue weighted by molar-refractivity contribution is 5.90. The molecule has 13 rings (SSSR count). The van der Waals surface area contributed by atoms with Gasteiger partial charge in [-0.2, -0.15) is 0 Å². The van der Waals surface area contributed by atoms with Crippen LogP contribution in [0, 0.1) is 96.9 Å². The average molecular weight is 2050 g/mol. The number of aryl methyl sites for hydroxylation is 21. The zero-order valence-corrected chi connectivity index (χ0v) is 93.1. The Balaban J connectivity index is 0.000000219. The van der Waals surface area contributed by atoms with Crippen LogP contribution in [0.3, 0.4) is 0 Å². The van der Waals surface area contributed by atoms with E-state index in [0.717, 1.165) is 158 Å². The molecule has 0 aliphatic heterocycles. The molecule has 0 bridgehead atoms. The second kappa shape index (κ2) is 60.3. The van der Waals surface area contributed by atoms with Crippen LogP contribution >= 0.6 is 0 Å². The van der Waals surface area contributed by atoms with Gasteiger partial charge in [-0.1, -0.05) is 152 Å². The first-order valence-corrected chi connectivity index (χ1v) is 51.3. The monoisotopic (exact) mass is 2050 g/mol. The number of methoxy groups -OCH3 is 6. The van der Waals surface area contributed by atoms with Crippen molar-refractivity contribution in [2.75, 3.05) is 81.2 Å². The van der Waals surface area contributed by atoms with Gasteiger partial charge in [-0.15, -0.1) is 0 Å². The summed E-state index contributed by atoms with van der Waals surface area (Å²) in [6.45, 7) is 48.4. The van der Waals surface area contributed by atoms with Gasteiger partial charge in [-0.3, -0.25) is 31.9 Å². The Hall–Kier alpha value is -15.2. The largest absolute Gasteiger partial charge is 0.493 e. The van der Waals surface area contributed by atoms with E-state index in [2.05, 4.69) is 250 Å². The Morgan fingerprint density at radius 2 is 0.447 bits per heavy atom. The first-order valence-electron chi connectivity index (χ1n) is 51.3. The minimum Gasteiger partial charge on any atom is -0.493 e. The summed E-state index contributed by atoms with van der Waals surface area (Å²) in [6.07, 6.45) is 5.68. The van der Waals surface area contributed by atoms with Crippen LogP contribution in [0.5, 0.6) is 40.2 Å². The Morgan fingerprint density at radius 1 is 0.233 bits per heavy atom. The van der Waals surface area contributed by atoms with Gasteiger partial charge in [0.25, 0.3) is 0 Å². The Kier molecular flexibility index (Phi) is 48.3. The molecule has 1 aliphatic rings. The van der Waals surface area contributed by atoms with Crippen molar-refractivity contribution in [3.8, 4) is 40.2 Å². The molecule has 1 aliphatic carbocycles. The summed E-state index contributed by atoms with van der Waals surface area (Å²) >= 11 is 0. The van der Waals surface area contributed by atoms with E-state index in [0.29, 0.717) is 73.0 Å². The summed E-state index contributed by atoms with van der Waals surface area (Å²) < 4.78 is 70.7. The topological polar surface area (TPSA) is 315 Å². The maximum Gasteiger partial charge on any atom is 0.411 e. The predicted molar refractivity (Wildman–Crippen MR) is 600 cm³/mol. The van der Waals surface area contributed by atoms with Gasteiger partial charge in [-0.05, 0) is 374 Å². The number of amides is 6. The fourth-order valence-corrected chi connectivity index (χ4v) is 16.6. The van der Waals surface area contributed by atoms with Crippen molar-refractivity contribution in [2.24, 2.45) is 0 Å². The van der Waals surface area contributed by atoms with Gasteiger partial charge in [0, 0.05) is 27.8 Å². The van der Waals surface area contributed by atoms with Crippen molar-refractivity contribution < 1.29 is 95.5 Å². The molecule has 0 saturated heterocycles. The van der Waals surface area contributed by atoms with Crippen molar-refractivity contribution in [3.05, 3.63) is 343 Å². The summed E-state index contributed by atoms with van der Waals surface area (Å²) in [7, 11) is 8.08. The van der Waals surface area contributed by atoms with E-state index < -0.39 is 36.6 Å². The van der Waals surface area contributed by atoms with Gasteiger partial charge in [0.05, 0.1) is 95.6 Å². The number of hydrogen-bond donors (Lipinski definition) is 7. The number of hydrogen-bond acceptors (Lipinski definition) is 20. The Morgan fingerprint density at radius 3 is 0.707 bits per heavy atom. The molecule has 0 aromatic heterocycles. The van der Waals surface area contributed by atoms with Gasteiger partial charge in [0.15, 0.2) is 0 Å². The lowest BCUT2D eigenvalue weighted by Gasteiger charge is -2.18. The third kappa shape index (κ3) is 35.0. The molecule has 12 aromatic carbocycles. The number of aliphatic hydroxyl groups is 1. The second-order valence-electron chi connectivity index (χ2n) is 36.8. The zero-order chi connectivity index (χ0) is 110. The van der Waals surface area contributed by atoms with Crippen LogP contribution in [0.15, 0.2) is 182 Å². The fourth-order valence-electron chi connectivity index (χ4n) is 16.6. The number of nitrogens with one attached hydrogen (secondary N) is 6. The van der Waals surface area contributed by atoms with E-state index >= 15 is 0 Å². The van der Waals surface area contributed by atoms with Crippen molar-refractivity contribution in [2.45, 2.75) is 262 Å². The molecular formula is C124H156N6O20. The maximum absolute atomic E-state index is 11.7. The molecule has 0 heterocycles. The maximum atomic E-state index is 11.7. The summed E-state index contributed by atoms with van der Waals surface area (Å²) in [5, 5.41) is 26.1. The van der Waals surface area contributed by atoms with E-state index in [4.69, 9.17) is 47.4 Å². The Bertz CT molecular complexity index is 6320. The smallest absolute Gasteiger partial charge is 0.411 e. The fraction of sp³-hybridized carbons (Fsp3) is 0.371. The van der Waals surface area contributed by atoms with Gasteiger partial charge < -0.3 is 66.7 Å². The second-order valence-corrected chi connectivity index (χ2v) is 36.8. The SMILES string of the molecule is CCOc1cccc(NC(=O)OC)c1COc1cc(C)c(C)cc1CC.CCc1cc(C)c(C)cc1OCc1c(C)cccc1NC(=O)OC.CCc1cc(C)c(C)cc1OCc1c(C)cccc1NC(=O)OC.CCc1cc(C)c(C)cc1OCc1c(CC)cccc1NC(=O)OC.CCc1cc(C)c(C)cc1OCc1c(CO)cccc1NC(=O)OC.CCc1cc(C)c(C)cc1OCc1c(NC(=O)OC)cccc1C1CC1. The minimum absolute atomic E-state index is 0.136. The molecule has 6 amide bonds. The lowest BCUT2D eigenvalue weighted by molar-refractivity contribution is 0.186. The van der Waals surface area contributed by atoms with Gasteiger partial charge in [0.2, 0.25) is 0 Å². The lowest BCUT2D eigenvalue weighted by Crippen LogP contribution is -2.14. The first-order chi connectivity index (χ1) is 71.9. The quantitative estimate of drug-likeness (QED) is 0.0182. The number of benzene rings is 12. The summed E-state index contributed by atoms with van der Waals surface area (Å²) in [4.78, 5) is 69.6. The number of ether oxygens (including phenoxy) is 13. The molecule has 0 unspecified atom stereocenters. The van der Waals surface area contributed by atoms with E-state index in [-0.39, 0.29) is 19.8 Å². The lowest BCUT2D eigenvalue weighted by atomic mass is 10.0. The summed E-state index contributed by atoms with van der Waals surface area (Å²) in [5.74, 6) is 6.54. The molecule has 1 fully saturated rings. The molecule has 802 valence electrons. The Labute approximate surface area is 888 Å². The number of carbonyl (C=O) groups is 6. The van der Waals surface area contributed by atoms with Crippen LogP contribution in [0.25, 0.3) is 0 Å². The summed E-state index contributed by atoms with van der Waals surface area (Å²) in [6, 6.07) is 59.7. The molecule has 0 atom stereocenters. The standard InChI is InChI=1S/C22H27NO3.C21H27NO4.C21H27NO3.C20H25NO4.2C20H25NO3/c1-5-16-11-14(2)15(3)12-21(16)26-13-19-18(17-9-10-17)7-6-8-20(19)23-22(24)25-4;1-6-16-11-14(3)15(4)12-20(16)26-13-17-18(22-21(23)24-5)9-8-10-19(17)25-7-2;1-6-16-9-8-10-19(22-21(23)24-5)18(16)13-25-20-12-15(4)14(3)11-17(20)7-2;1-5-15-9-13(2)14(3)10-19(15)25-12-17-16(11-22)7-6-8-18(17)21-20(23)24-4;2*1-6-16-10-14(3)15(4)11-19(16)24-12-17-13(2)8-7-9-18(17)21-20(22)23-5/h6-8,11-12,17H,5,9-10,13H2,1-4H3,(H,23,24);8-12H,6-7,13H2,1-5H3,(H,22,23);8-12H,6-7,13H2,1-5H3,(H,22,23);6-10,22H,5,11-12H2,1-4H3,(H,21,23);2*7-11H,6,12H2,1-5H3,(H,21,22). The van der Waals surface area contributed by atoms with Crippen molar-refractivity contribution in [1.29, 1.82) is 0 Å². The van der Waals surface area contributed by atoms with Crippen LogP contribution in [-0.2, 0) is 120 Å². The molecule has 7 N–H and O–H groups in total. The molecule has 150 heavy (non-hydrogen) atoms. The average Bonchev–Trinajstić information content (AvgIpc) is 1.62. The van der Waals surface area contributed by atoms with Crippen LogP contribution < -0.4 is 65.1 Å². The number of rotatable bonds is 35. The van der Waals surface area contributed by atoms with E-state index in [1.165, 1.54) is 145 Å². The van der Waals surface area contributed by atoms with Gasteiger partial charge in [0.1, 0.15) is 79.9 Å². The third-order valence-corrected chi connectivity index (χ3v) is 26.7. The molecule has 26 heteroatoms. The van der Waals surface area contributed by atoms with Crippen LogP contribution in [0.4, 0.5) is 62.9 Å². The van der Waals surface area contributed by atoms with Crippen LogP contribution in [0.2, 0.25) is 0 Å². The van der Waals surface area contributed by atoms with Crippen molar-refractivity contribution in [3.63, 3.8) is 0 Å². The highest BCUT2D eigenvalue weighted by atomic mass is 16.6. The molecule has 0 radical (unpaired) electrons. The van der Waals surface area contributed by atoms with Gasteiger partial charge >= 0.3 is 36.6 Å². The molecule has 1 saturated carbocycles. The first kappa shape index (κ1) is 120. The van der Waals surface area contributed by atoms with Gasteiger partial charge in [-0.25, -0.2) is 28.8 Å². The number of carbonyl (C=O) groups excluding carboxylic acids is 6. The van der Waals surface area contributed by atoms with E-state index in [1.54, 1.807) is 18.2 Å².